The third-order valence-corrected chi connectivity index (χ3v) is 3.08. The fourth-order valence-electron chi connectivity index (χ4n) is 1.95. The number of hydrogen-bond donors (Lipinski definition) is 0. The lowest BCUT2D eigenvalue weighted by Crippen LogP contribution is -2.27. The fourth-order valence-corrected chi connectivity index (χ4v) is 1.95. The number of allylic oxidation sites excluding steroid dienone is 1. The number of rotatable bonds is 2. The number of ketones is 1. The first-order valence-electron chi connectivity index (χ1n) is 7.57. The quantitative estimate of drug-likeness (QED) is 0.714. The van der Waals surface area contributed by atoms with E-state index in [9.17, 15) is 4.79 Å². The fraction of sp³-hybridized carbons (Fsp3) is 0.500. The summed E-state index contributed by atoms with van der Waals surface area (Å²) in [4.78, 5) is 13.0. The minimum absolute atomic E-state index is 0.121. The molecule has 0 spiro atoms. The van der Waals surface area contributed by atoms with Crippen LogP contribution in [0.3, 0.4) is 0 Å². The average Bonchev–Trinajstić information content (AvgIpc) is 2.51. The van der Waals surface area contributed by atoms with Crippen molar-refractivity contribution >= 4 is 5.78 Å². The third kappa shape index (κ3) is 7.78. The van der Waals surface area contributed by atoms with Crippen LogP contribution in [0, 0.1) is 0 Å². The molecule has 1 fully saturated rings. The molecule has 0 radical (unpaired) electrons. The molecule has 0 N–H and O–H groups in total. The zero-order valence-electron chi connectivity index (χ0n) is 13.5. The Labute approximate surface area is 124 Å². The Balaban J connectivity index is 0.000000321. The van der Waals surface area contributed by atoms with Crippen LogP contribution >= 0.6 is 0 Å². The summed E-state index contributed by atoms with van der Waals surface area (Å²) in [7, 11) is 0. The summed E-state index contributed by atoms with van der Waals surface area (Å²) >= 11 is 0. The topological polar surface area (TPSA) is 20.3 Å². The molecule has 0 bridgehead atoms. The van der Waals surface area contributed by atoms with E-state index in [-0.39, 0.29) is 5.78 Å². The van der Waals surface area contributed by atoms with E-state index in [1.807, 2.05) is 44.2 Å². The molecule has 0 amide bonds. The van der Waals surface area contributed by atoms with Crippen LogP contribution in [0.5, 0.6) is 0 Å². The number of benzene rings is 1. The molecular weight excluding hydrogens is 246 g/mol. The van der Waals surface area contributed by atoms with Gasteiger partial charge in [0, 0.05) is 24.4 Å². The lowest BCUT2D eigenvalue weighted by Gasteiger charge is -2.28. The van der Waals surface area contributed by atoms with Crippen molar-refractivity contribution in [3.63, 3.8) is 0 Å². The lowest BCUT2D eigenvalue weighted by atomic mass is 10.1. The largest absolute Gasteiger partial charge is 0.376 e. The molecule has 1 heterocycles. The predicted molar refractivity (Wildman–Crippen MR) is 88.0 cm³/mol. The minimum atomic E-state index is 0.121. The number of Topliss-reactive ketones (excluding diaryl/α,β-unsaturated/α-hetero) is 1. The standard InChI is InChI=1S/C8H15N.C8H8O.C2H6/c1-8(2)9-6-4-3-5-7-9;1-7(9)8-5-3-2-4-6-8;1-2/h1,3-7H2,2H3;2-6H,1H3;1-2H3. The third-order valence-electron chi connectivity index (χ3n) is 3.08. The molecule has 0 unspecified atom stereocenters. The van der Waals surface area contributed by atoms with E-state index in [1.165, 1.54) is 38.0 Å². The van der Waals surface area contributed by atoms with Crippen LogP contribution in [-0.4, -0.2) is 23.8 Å². The van der Waals surface area contributed by atoms with Crippen molar-refractivity contribution in [2.75, 3.05) is 13.1 Å². The summed E-state index contributed by atoms with van der Waals surface area (Å²) in [5.41, 5.74) is 2.01. The first-order valence-corrected chi connectivity index (χ1v) is 7.57. The first-order chi connectivity index (χ1) is 9.61. The number of carbonyl (C=O) groups is 1. The second-order valence-corrected chi connectivity index (χ2v) is 4.71. The van der Waals surface area contributed by atoms with Crippen molar-refractivity contribution in [1.82, 2.24) is 4.90 Å². The normalized spacial score (nSPS) is 13.3. The number of hydrogen-bond acceptors (Lipinski definition) is 2. The van der Waals surface area contributed by atoms with Gasteiger partial charge in [-0.15, -0.1) is 0 Å². The molecule has 0 saturated carbocycles. The molecule has 2 rings (SSSR count). The van der Waals surface area contributed by atoms with Gasteiger partial charge < -0.3 is 4.90 Å². The van der Waals surface area contributed by atoms with Gasteiger partial charge in [-0.3, -0.25) is 4.79 Å². The summed E-state index contributed by atoms with van der Waals surface area (Å²) < 4.78 is 0. The van der Waals surface area contributed by atoms with Crippen molar-refractivity contribution < 1.29 is 4.79 Å². The molecule has 1 aliphatic heterocycles. The Hall–Kier alpha value is -1.57. The second kappa shape index (κ2) is 11.3. The van der Waals surface area contributed by atoms with Crippen LogP contribution < -0.4 is 0 Å². The highest BCUT2D eigenvalue weighted by atomic mass is 16.1. The molecule has 2 nitrogen and oxygen atoms in total. The first kappa shape index (κ1) is 18.4. The summed E-state index contributed by atoms with van der Waals surface area (Å²) in [6.07, 6.45) is 4.11. The van der Waals surface area contributed by atoms with Gasteiger partial charge in [0.25, 0.3) is 0 Å². The number of carbonyl (C=O) groups excluding carboxylic acids is 1. The van der Waals surface area contributed by atoms with Crippen molar-refractivity contribution in [2.24, 2.45) is 0 Å². The zero-order chi connectivity index (χ0) is 15.4. The van der Waals surface area contributed by atoms with Crippen molar-refractivity contribution in [3.8, 4) is 0 Å². The van der Waals surface area contributed by atoms with Crippen molar-refractivity contribution in [1.29, 1.82) is 0 Å². The summed E-state index contributed by atoms with van der Waals surface area (Å²) in [6.45, 7) is 14.0. The van der Waals surface area contributed by atoms with Gasteiger partial charge in [-0.25, -0.2) is 0 Å². The number of nitrogens with zero attached hydrogens (tertiary/aromatic N) is 1. The molecule has 0 aromatic heterocycles. The molecule has 1 aromatic carbocycles. The van der Waals surface area contributed by atoms with E-state index >= 15 is 0 Å². The molecule has 0 atom stereocenters. The Morgan fingerprint density at radius 2 is 1.50 bits per heavy atom. The van der Waals surface area contributed by atoms with Crippen molar-refractivity contribution in [2.45, 2.75) is 47.0 Å². The lowest BCUT2D eigenvalue weighted by molar-refractivity contribution is 0.101. The molecule has 1 aliphatic rings. The van der Waals surface area contributed by atoms with Crippen molar-refractivity contribution in [3.05, 3.63) is 48.2 Å². The van der Waals surface area contributed by atoms with Crippen LogP contribution in [0.4, 0.5) is 0 Å². The van der Waals surface area contributed by atoms with Gasteiger partial charge in [0.15, 0.2) is 5.78 Å². The second-order valence-electron chi connectivity index (χ2n) is 4.71. The highest BCUT2D eigenvalue weighted by Gasteiger charge is 2.07. The van der Waals surface area contributed by atoms with Gasteiger partial charge in [0.05, 0.1) is 0 Å². The van der Waals surface area contributed by atoms with Crippen LogP contribution in [0.1, 0.15) is 57.3 Å². The molecular formula is C18H29NO. The van der Waals surface area contributed by atoms with Crippen LogP contribution in [0.25, 0.3) is 0 Å². The highest BCUT2D eigenvalue weighted by Crippen LogP contribution is 2.12. The Bertz CT molecular complexity index is 378. The smallest absolute Gasteiger partial charge is 0.159 e. The predicted octanol–water partition coefficient (Wildman–Crippen LogP) is 4.92. The monoisotopic (exact) mass is 275 g/mol. The SMILES string of the molecule is C=C(C)N1CCCCC1.CC.CC(=O)c1ccccc1. The van der Waals surface area contributed by atoms with Crippen LogP contribution in [-0.2, 0) is 0 Å². The van der Waals surface area contributed by atoms with Crippen LogP contribution in [0.2, 0.25) is 0 Å². The molecule has 1 aromatic rings. The zero-order valence-corrected chi connectivity index (χ0v) is 13.5. The van der Waals surface area contributed by atoms with E-state index in [0.717, 1.165) is 5.56 Å². The van der Waals surface area contributed by atoms with E-state index in [0.29, 0.717) is 0 Å². The van der Waals surface area contributed by atoms with Crippen LogP contribution in [0.15, 0.2) is 42.6 Å². The molecule has 20 heavy (non-hydrogen) atoms. The molecule has 2 heteroatoms. The van der Waals surface area contributed by atoms with E-state index in [2.05, 4.69) is 18.4 Å². The average molecular weight is 275 g/mol. The van der Waals surface area contributed by atoms with E-state index in [1.54, 1.807) is 6.92 Å². The number of likely N-dealkylation sites (tertiary alicyclic amines) is 1. The Kier molecular flexibility index (Phi) is 10.4. The summed E-state index contributed by atoms with van der Waals surface area (Å²) in [5, 5.41) is 0. The Morgan fingerprint density at radius 1 is 1.00 bits per heavy atom. The van der Waals surface area contributed by atoms with Gasteiger partial charge in [-0.1, -0.05) is 50.8 Å². The van der Waals surface area contributed by atoms with Gasteiger partial charge in [-0.05, 0) is 33.1 Å². The highest BCUT2D eigenvalue weighted by molar-refractivity contribution is 5.93. The summed E-state index contributed by atoms with van der Waals surface area (Å²) in [5.74, 6) is 0.121. The van der Waals surface area contributed by atoms with Gasteiger partial charge >= 0.3 is 0 Å². The molecule has 1 saturated heterocycles. The molecule has 112 valence electrons. The number of piperidine rings is 1. The van der Waals surface area contributed by atoms with Gasteiger partial charge in [0.2, 0.25) is 0 Å². The summed E-state index contributed by atoms with van der Waals surface area (Å²) in [6, 6.07) is 9.23. The van der Waals surface area contributed by atoms with Gasteiger partial charge in [-0.2, -0.15) is 0 Å². The maximum atomic E-state index is 10.6. The minimum Gasteiger partial charge on any atom is -0.376 e. The van der Waals surface area contributed by atoms with Gasteiger partial charge in [0.1, 0.15) is 0 Å². The maximum absolute atomic E-state index is 10.6. The Morgan fingerprint density at radius 3 is 1.80 bits per heavy atom. The molecule has 0 aliphatic carbocycles. The van der Waals surface area contributed by atoms with E-state index in [4.69, 9.17) is 0 Å². The maximum Gasteiger partial charge on any atom is 0.159 e. The van der Waals surface area contributed by atoms with E-state index < -0.39 is 0 Å².